The van der Waals surface area contributed by atoms with Gasteiger partial charge in [-0.15, -0.1) is 0 Å². The average molecular weight is 463 g/mol. The Morgan fingerprint density at radius 1 is 1.09 bits per heavy atom. The lowest BCUT2D eigenvalue weighted by Gasteiger charge is -2.35. The summed E-state index contributed by atoms with van der Waals surface area (Å²) in [5.41, 5.74) is 3.26. The quantitative estimate of drug-likeness (QED) is 0.579. The number of phenols is 1. The van der Waals surface area contributed by atoms with Crippen LogP contribution in [0.25, 0.3) is 10.8 Å². The number of fused-ring (bicyclic) bond motifs is 2. The molecule has 2 aliphatic heterocycles. The van der Waals surface area contributed by atoms with Crippen LogP contribution < -0.4 is 19.9 Å². The Morgan fingerprint density at radius 3 is 2.68 bits per heavy atom. The van der Waals surface area contributed by atoms with Gasteiger partial charge in [0, 0.05) is 62.0 Å². The van der Waals surface area contributed by atoms with Crippen molar-refractivity contribution in [3.05, 3.63) is 47.7 Å². The molecule has 1 unspecified atom stereocenters. The van der Waals surface area contributed by atoms with Crippen molar-refractivity contribution in [3.8, 4) is 11.8 Å². The number of likely N-dealkylation sites (N-methyl/N-ethyl adjacent to an activating group) is 1. The van der Waals surface area contributed by atoms with E-state index in [9.17, 15) is 5.11 Å². The zero-order valence-electron chi connectivity index (χ0n) is 20.3. The van der Waals surface area contributed by atoms with Gasteiger partial charge in [-0.3, -0.25) is 0 Å². The predicted molar refractivity (Wildman–Crippen MR) is 136 cm³/mol. The Balaban J connectivity index is 1.51. The van der Waals surface area contributed by atoms with Crippen molar-refractivity contribution in [3.63, 3.8) is 0 Å². The second kappa shape index (κ2) is 9.64. The Labute approximate surface area is 201 Å². The predicted octanol–water partition coefficient (Wildman–Crippen LogP) is 2.64. The van der Waals surface area contributed by atoms with E-state index in [0.29, 0.717) is 12.6 Å². The number of hydrogen-bond acceptors (Lipinski definition) is 8. The summed E-state index contributed by atoms with van der Waals surface area (Å²) in [4.78, 5) is 16.6. The van der Waals surface area contributed by atoms with Gasteiger partial charge in [0.15, 0.2) is 0 Å². The number of phenolic OH excluding ortho intramolecular Hbond substituents is 1. The molecular weight excluding hydrogens is 428 g/mol. The van der Waals surface area contributed by atoms with Crippen LogP contribution in [0.3, 0.4) is 0 Å². The van der Waals surface area contributed by atoms with Gasteiger partial charge in [0.1, 0.15) is 17.7 Å². The summed E-state index contributed by atoms with van der Waals surface area (Å²) in [6, 6.07) is 12.3. The molecule has 1 saturated heterocycles. The number of nitrogens with zero attached hydrogens (tertiary/aromatic N) is 5. The van der Waals surface area contributed by atoms with E-state index in [1.54, 1.807) is 0 Å². The molecule has 2 aliphatic rings. The molecule has 34 heavy (non-hydrogen) atoms. The Morgan fingerprint density at radius 2 is 1.88 bits per heavy atom. The lowest BCUT2D eigenvalue weighted by atomic mass is 10.0. The van der Waals surface area contributed by atoms with Crippen molar-refractivity contribution in [2.45, 2.75) is 26.0 Å². The van der Waals surface area contributed by atoms with Crippen LogP contribution in [0.5, 0.6) is 11.8 Å². The topological polar surface area (TPSA) is 77.0 Å². The number of nitrogens with one attached hydrogen (secondary N) is 1. The van der Waals surface area contributed by atoms with E-state index < -0.39 is 0 Å². The minimum absolute atomic E-state index is 0.0152. The number of piperazine rings is 1. The smallest absolute Gasteiger partial charge is 0.318 e. The molecule has 3 aromatic rings. The van der Waals surface area contributed by atoms with Crippen LogP contribution in [-0.4, -0.2) is 79.4 Å². The zero-order valence-corrected chi connectivity index (χ0v) is 20.3. The Hall–Kier alpha value is -3.10. The summed E-state index contributed by atoms with van der Waals surface area (Å²) < 4.78 is 6.19. The minimum atomic E-state index is -0.0152. The normalized spacial score (nSPS) is 17.2. The van der Waals surface area contributed by atoms with E-state index in [1.807, 2.05) is 44.4 Å². The van der Waals surface area contributed by atoms with Crippen molar-refractivity contribution < 1.29 is 9.84 Å². The monoisotopic (exact) mass is 462 g/mol. The third-order valence-electron chi connectivity index (χ3n) is 6.53. The number of ether oxygens (including phenoxy) is 1. The lowest BCUT2D eigenvalue weighted by Crippen LogP contribution is -2.45. The van der Waals surface area contributed by atoms with Crippen molar-refractivity contribution in [2.75, 3.05) is 63.2 Å². The molecule has 1 aromatic heterocycles. The summed E-state index contributed by atoms with van der Waals surface area (Å²) in [6.45, 7) is 8.11. The summed E-state index contributed by atoms with van der Waals surface area (Å²) in [6.07, 6.45) is 0.838. The largest absolute Gasteiger partial charge is 0.508 e. The van der Waals surface area contributed by atoms with Crippen LogP contribution >= 0.6 is 0 Å². The number of rotatable bonds is 6. The number of hydrogen-bond donors (Lipinski definition) is 2. The van der Waals surface area contributed by atoms with Gasteiger partial charge in [-0.05, 0) is 38.9 Å². The SMILES string of the molecule is CC(CN(C)C)Oc1nc2c(c(N3CCNCC3)n1)CCN(c1cc(O)cc3ccccc13)C2. The first-order valence-corrected chi connectivity index (χ1v) is 12.1. The second-order valence-corrected chi connectivity index (χ2v) is 9.54. The maximum absolute atomic E-state index is 10.4. The van der Waals surface area contributed by atoms with Crippen molar-refractivity contribution in [1.29, 1.82) is 0 Å². The fourth-order valence-corrected chi connectivity index (χ4v) is 5.05. The molecule has 0 radical (unpaired) electrons. The molecule has 5 rings (SSSR count). The van der Waals surface area contributed by atoms with Gasteiger partial charge in [0.25, 0.3) is 0 Å². The van der Waals surface area contributed by atoms with Gasteiger partial charge in [0.05, 0.1) is 12.2 Å². The Kier molecular flexibility index (Phi) is 6.43. The molecule has 3 heterocycles. The summed E-state index contributed by atoms with van der Waals surface area (Å²) in [5, 5.41) is 16.0. The molecule has 180 valence electrons. The highest BCUT2D eigenvalue weighted by Crippen LogP contribution is 2.36. The van der Waals surface area contributed by atoms with E-state index in [2.05, 4.69) is 33.0 Å². The molecule has 0 spiro atoms. The van der Waals surface area contributed by atoms with Gasteiger partial charge in [-0.25, -0.2) is 0 Å². The van der Waals surface area contributed by atoms with Gasteiger partial charge >= 0.3 is 6.01 Å². The third kappa shape index (κ3) is 4.74. The number of aromatic hydroxyl groups is 1. The molecule has 1 fully saturated rings. The van der Waals surface area contributed by atoms with Crippen molar-refractivity contribution in [1.82, 2.24) is 20.2 Å². The highest BCUT2D eigenvalue weighted by Gasteiger charge is 2.27. The number of anilines is 2. The molecule has 0 amide bonds. The first kappa shape index (κ1) is 22.7. The highest BCUT2D eigenvalue weighted by atomic mass is 16.5. The standard InChI is InChI=1S/C26H34N6O2/c1-18(16-30(2)3)34-26-28-23-17-32(24-15-20(33)14-19-6-4-5-7-21(19)24)11-8-22(23)25(29-26)31-12-9-27-10-13-31/h4-7,14-15,18,27,33H,8-13,16-17H2,1-3H3. The maximum atomic E-state index is 10.4. The van der Waals surface area contributed by atoms with Crippen molar-refractivity contribution in [2.24, 2.45) is 0 Å². The van der Waals surface area contributed by atoms with Gasteiger partial charge in [0.2, 0.25) is 0 Å². The van der Waals surface area contributed by atoms with E-state index in [1.165, 1.54) is 5.56 Å². The number of benzene rings is 2. The second-order valence-electron chi connectivity index (χ2n) is 9.54. The molecule has 8 nitrogen and oxygen atoms in total. The molecule has 2 aromatic carbocycles. The van der Waals surface area contributed by atoms with Gasteiger partial charge in [-0.1, -0.05) is 24.3 Å². The van der Waals surface area contributed by atoms with Crippen molar-refractivity contribution >= 4 is 22.3 Å². The fraction of sp³-hybridized carbons (Fsp3) is 0.462. The molecule has 0 saturated carbocycles. The van der Waals surface area contributed by atoms with Crippen LogP contribution in [0.15, 0.2) is 36.4 Å². The zero-order chi connectivity index (χ0) is 23.7. The van der Waals surface area contributed by atoms with Crippen LogP contribution in [0.1, 0.15) is 18.2 Å². The molecular formula is C26H34N6O2. The summed E-state index contributed by atoms with van der Waals surface area (Å²) in [5.74, 6) is 1.30. The maximum Gasteiger partial charge on any atom is 0.318 e. The lowest BCUT2D eigenvalue weighted by molar-refractivity contribution is 0.163. The van der Waals surface area contributed by atoms with E-state index >= 15 is 0 Å². The third-order valence-corrected chi connectivity index (χ3v) is 6.53. The molecule has 0 bridgehead atoms. The highest BCUT2D eigenvalue weighted by molar-refractivity contribution is 5.95. The van der Waals surface area contributed by atoms with Crippen LogP contribution in [0.2, 0.25) is 0 Å². The Bertz CT molecular complexity index is 1160. The first-order chi connectivity index (χ1) is 16.5. The number of aromatic nitrogens is 2. The summed E-state index contributed by atoms with van der Waals surface area (Å²) in [7, 11) is 4.08. The van der Waals surface area contributed by atoms with Crippen LogP contribution in [0.4, 0.5) is 11.5 Å². The average Bonchev–Trinajstić information content (AvgIpc) is 2.82. The fourth-order valence-electron chi connectivity index (χ4n) is 5.05. The summed E-state index contributed by atoms with van der Waals surface area (Å²) >= 11 is 0. The van der Waals surface area contributed by atoms with Crippen LogP contribution in [0, 0.1) is 0 Å². The van der Waals surface area contributed by atoms with E-state index in [-0.39, 0.29) is 11.9 Å². The van der Waals surface area contributed by atoms with Crippen LogP contribution in [-0.2, 0) is 13.0 Å². The molecule has 1 atom stereocenters. The first-order valence-electron chi connectivity index (χ1n) is 12.1. The van der Waals surface area contributed by atoms with E-state index in [4.69, 9.17) is 14.7 Å². The van der Waals surface area contributed by atoms with Gasteiger partial charge < -0.3 is 29.9 Å². The van der Waals surface area contributed by atoms with E-state index in [0.717, 1.165) is 73.7 Å². The van der Waals surface area contributed by atoms with Gasteiger partial charge in [-0.2, -0.15) is 9.97 Å². The molecule has 2 N–H and O–H groups in total. The minimum Gasteiger partial charge on any atom is -0.508 e. The molecule has 8 heteroatoms. The molecule has 0 aliphatic carbocycles.